The summed E-state index contributed by atoms with van der Waals surface area (Å²) in [7, 11) is 0. The van der Waals surface area contributed by atoms with Gasteiger partial charge in [-0.3, -0.25) is 0 Å². The average Bonchev–Trinajstić information content (AvgIpc) is 2.48. The molecule has 0 aromatic carbocycles. The lowest BCUT2D eigenvalue weighted by atomic mass is 10.1. The zero-order valence-corrected chi connectivity index (χ0v) is 7.97. The Labute approximate surface area is 75.5 Å². The topological polar surface area (TPSA) is 55.2 Å². The van der Waals surface area contributed by atoms with Gasteiger partial charge in [0.2, 0.25) is 5.88 Å². The fourth-order valence-electron chi connectivity index (χ4n) is 0.782. The molecule has 1 heterocycles. The molecule has 1 aromatic heterocycles. The lowest BCUT2D eigenvalue weighted by molar-refractivity contribution is 0.196. The molecule has 0 aliphatic heterocycles. The zero-order chi connectivity index (χ0) is 8.97. The van der Waals surface area contributed by atoms with Crippen molar-refractivity contribution in [2.75, 3.05) is 13.2 Å². The van der Waals surface area contributed by atoms with Crippen LogP contribution in [0.25, 0.3) is 0 Å². The summed E-state index contributed by atoms with van der Waals surface area (Å²) in [6.07, 6.45) is 0. The number of hydrogen-bond donors (Lipinski definition) is 1. The van der Waals surface area contributed by atoms with Crippen LogP contribution in [-0.4, -0.2) is 27.1 Å². The van der Waals surface area contributed by atoms with Crippen molar-refractivity contribution in [3.8, 4) is 5.88 Å². The van der Waals surface area contributed by atoms with Crippen LogP contribution >= 0.6 is 11.7 Å². The van der Waals surface area contributed by atoms with E-state index in [0.29, 0.717) is 11.8 Å². The Morgan fingerprint density at radius 2 is 2.25 bits per heavy atom. The summed E-state index contributed by atoms with van der Waals surface area (Å²) in [5.74, 6) is 0.876. The minimum absolute atomic E-state index is 0.00899. The molecule has 4 nitrogen and oxygen atoms in total. The maximum absolute atomic E-state index is 8.52. The molecule has 1 rings (SSSR count). The molecule has 0 saturated carbocycles. The number of aromatic nitrogens is 2. The molecule has 0 aliphatic carbocycles. The molecule has 0 atom stereocenters. The van der Waals surface area contributed by atoms with E-state index < -0.39 is 0 Å². The van der Waals surface area contributed by atoms with Crippen LogP contribution in [0, 0.1) is 0 Å². The molecule has 1 N–H and O–H groups in total. The van der Waals surface area contributed by atoms with Crippen LogP contribution < -0.4 is 4.74 Å². The van der Waals surface area contributed by atoms with E-state index in [-0.39, 0.29) is 13.2 Å². The maximum atomic E-state index is 8.52. The van der Waals surface area contributed by atoms with Gasteiger partial charge in [-0.05, 0) is 0 Å². The van der Waals surface area contributed by atoms with Crippen LogP contribution in [0.2, 0.25) is 0 Å². The molecular formula is C7H12N2O2S. The molecule has 0 radical (unpaired) electrons. The second-order valence-corrected chi connectivity index (χ2v) is 3.21. The van der Waals surface area contributed by atoms with Gasteiger partial charge in [-0.2, -0.15) is 4.37 Å². The van der Waals surface area contributed by atoms with E-state index in [4.69, 9.17) is 9.84 Å². The highest BCUT2D eigenvalue weighted by Gasteiger charge is 2.12. The first kappa shape index (κ1) is 9.41. The minimum Gasteiger partial charge on any atom is -0.473 e. The van der Waals surface area contributed by atoms with E-state index in [1.54, 1.807) is 0 Å². The van der Waals surface area contributed by atoms with E-state index >= 15 is 0 Å². The highest BCUT2D eigenvalue weighted by Crippen LogP contribution is 2.23. The third-order valence-corrected chi connectivity index (χ3v) is 1.88. The molecule has 5 heteroatoms. The predicted octanol–water partition coefficient (Wildman–Crippen LogP) is 1.03. The SMILES string of the molecule is CC(C)c1nsnc1OCCO. The first-order chi connectivity index (χ1) is 5.75. The molecule has 68 valence electrons. The summed E-state index contributed by atoms with van der Waals surface area (Å²) < 4.78 is 13.2. The Morgan fingerprint density at radius 1 is 1.50 bits per heavy atom. The summed E-state index contributed by atoms with van der Waals surface area (Å²) in [5.41, 5.74) is 0.869. The summed E-state index contributed by atoms with van der Waals surface area (Å²) in [6.45, 7) is 4.35. The molecule has 0 bridgehead atoms. The third kappa shape index (κ3) is 2.15. The first-order valence-corrected chi connectivity index (χ1v) is 4.55. The number of aliphatic hydroxyl groups is 1. The zero-order valence-electron chi connectivity index (χ0n) is 7.15. The van der Waals surface area contributed by atoms with Crippen molar-refractivity contribution in [1.29, 1.82) is 0 Å². The molecule has 0 amide bonds. The maximum Gasteiger partial charge on any atom is 0.249 e. The van der Waals surface area contributed by atoms with Gasteiger partial charge < -0.3 is 9.84 Å². The number of nitrogens with zero attached hydrogens (tertiary/aromatic N) is 2. The van der Waals surface area contributed by atoms with Gasteiger partial charge in [0.25, 0.3) is 0 Å². The van der Waals surface area contributed by atoms with Crippen LogP contribution in [0.3, 0.4) is 0 Å². The van der Waals surface area contributed by atoms with Crippen LogP contribution in [0.1, 0.15) is 25.5 Å². The smallest absolute Gasteiger partial charge is 0.249 e. The Bertz CT molecular complexity index is 237. The van der Waals surface area contributed by atoms with E-state index in [1.807, 2.05) is 13.8 Å². The molecule has 12 heavy (non-hydrogen) atoms. The fraction of sp³-hybridized carbons (Fsp3) is 0.714. The van der Waals surface area contributed by atoms with E-state index in [9.17, 15) is 0 Å². The van der Waals surface area contributed by atoms with Crippen molar-refractivity contribution in [1.82, 2.24) is 8.75 Å². The Balaban J connectivity index is 2.64. The number of ether oxygens (including phenoxy) is 1. The summed E-state index contributed by atoms with van der Waals surface area (Å²) in [6, 6.07) is 0. The van der Waals surface area contributed by atoms with Crippen molar-refractivity contribution in [3.05, 3.63) is 5.69 Å². The van der Waals surface area contributed by atoms with Gasteiger partial charge in [0.15, 0.2) is 0 Å². The van der Waals surface area contributed by atoms with Crippen LogP contribution in [0.5, 0.6) is 5.88 Å². The summed E-state index contributed by atoms with van der Waals surface area (Å²) in [5, 5.41) is 8.52. The lowest BCUT2D eigenvalue weighted by Crippen LogP contribution is -2.04. The van der Waals surface area contributed by atoms with E-state index in [2.05, 4.69) is 8.75 Å². The Kier molecular flexibility index (Phi) is 3.43. The van der Waals surface area contributed by atoms with Crippen molar-refractivity contribution < 1.29 is 9.84 Å². The van der Waals surface area contributed by atoms with Crippen LogP contribution in [-0.2, 0) is 0 Å². The largest absolute Gasteiger partial charge is 0.473 e. The van der Waals surface area contributed by atoms with Gasteiger partial charge in [0.1, 0.15) is 12.3 Å². The average molecular weight is 188 g/mol. The van der Waals surface area contributed by atoms with Crippen LogP contribution in [0.15, 0.2) is 0 Å². The molecule has 0 unspecified atom stereocenters. The monoisotopic (exact) mass is 188 g/mol. The molecule has 0 saturated heterocycles. The van der Waals surface area contributed by atoms with Gasteiger partial charge in [0, 0.05) is 5.92 Å². The highest BCUT2D eigenvalue weighted by atomic mass is 32.1. The van der Waals surface area contributed by atoms with Gasteiger partial charge in [-0.15, -0.1) is 4.37 Å². The van der Waals surface area contributed by atoms with Crippen molar-refractivity contribution in [3.63, 3.8) is 0 Å². The minimum atomic E-state index is 0.00899. The third-order valence-electron chi connectivity index (χ3n) is 1.36. The molecule has 0 fully saturated rings. The Morgan fingerprint density at radius 3 is 2.83 bits per heavy atom. The van der Waals surface area contributed by atoms with E-state index in [1.165, 1.54) is 0 Å². The molecule has 1 aromatic rings. The predicted molar refractivity (Wildman–Crippen MR) is 46.6 cm³/mol. The quantitative estimate of drug-likeness (QED) is 0.766. The normalized spacial score (nSPS) is 10.7. The fourth-order valence-corrected chi connectivity index (χ4v) is 1.42. The number of aliphatic hydroxyl groups excluding tert-OH is 1. The number of hydrogen-bond acceptors (Lipinski definition) is 5. The van der Waals surface area contributed by atoms with Gasteiger partial charge >= 0.3 is 0 Å². The molecule has 0 aliphatic rings. The standard InChI is InChI=1S/C7H12N2O2S/c1-5(2)6-7(9-12-8-6)11-4-3-10/h5,10H,3-4H2,1-2H3. The summed E-state index contributed by atoms with van der Waals surface area (Å²) in [4.78, 5) is 0. The molecule has 0 spiro atoms. The lowest BCUT2D eigenvalue weighted by Gasteiger charge is -2.03. The van der Waals surface area contributed by atoms with Gasteiger partial charge in [-0.25, -0.2) is 0 Å². The second-order valence-electron chi connectivity index (χ2n) is 2.68. The van der Waals surface area contributed by atoms with Gasteiger partial charge in [-0.1, -0.05) is 13.8 Å². The highest BCUT2D eigenvalue weighted by molar-refractivity contribution is 6.99. The van der Waals surface area contributed by atoms with Gasteiger partial charge in [0.05, 0.1) is 18.3 Å². The van der Waals surface area contributed by atoms with Crippen molar-refractivity contribution in [2.24, 2.45) is 0 Å². The first-order valence-electron chi connectivity index (χ1n) is 3.81. The second kappa shape index (κ2) is 4.37. The number of rotatable bonds is 4. The van der Waals surface area contributed by atoms with E-state index in [0.717, 1.165) is 17.4 Å². The summed E-state index contributed by atoms with van der Waals surface area (Å²) >= 11 is 1.14. The Hall–Kier alpha value is -0.680. The van der Waals surface area contributed by atoms with Crippen molar-refractivity contribution in [2.45, 2.75) is 19.8 Å². The van der Waals surface area contributed by atoms with Crippen molar-refractivity contribution >= 4 is 11.7 Å². The molecular weight excluding hydrogens is 176 g/mol. The van der Waals surface area contributed by atoms with Crippen LogP contribution in [0.4, 0.5) is 0 Å².